The van der Waals surface area contributed by atoms with Crippen molar-refractivity contribution in [3.8, 4) is 0 Å². The molecule has 0 radical (unpaired) electrons. The average Bonchev–Trinajstić information content (AvgIpc) is 2.15. The van der Waals surface area contributed by atoms with Gasteiger partial charge in [-0.05, 0) is 25.3 Å². The van der Waals surface area contributed by atoms with Gasteiger partial charge >= 0.3 is 0 Å². The van der Waals surface area contributed by atoms with Gasteiger partial charge in [-0.3, -0.25) is 0 Å². The molecule has 0 fully saturated rings. The lowest BCUT2D eigenvalue weighted by Gasteiger charge is -2.10. The van der Waals surface area contributed by atoms with E-state index in [9.17, 15) is 0 Å². The van der Waals surface area contributed by atoms with Crippen LogP contribution in [0.4, 0.5) is 0 Å². The number of aliphatic hydroxyl groups excluding tert-OH is 1. The summed E-state index contributed by atoms with van der Waals surface area (Å²) in [6.45, 7) is 2.28. The Kier molecular flexibility index (Phi) is 3.93. The van der Waals surface area contributed by atoms with E-state index in [0.29, 0.717) is 0 Å². The summed E-state index contributed by atoms with van der Waals surface area (Å²) >= 11 is 0. The third kappa shape index (κ3) is 3.17. The van der Waals surface area contributed by atoms with Crippen molar-refractivity contribution in [3.63, 3.8) is 0 Å². The van der Waals surface area contributed by atoms with Crippen LogP contribution in [0.5, 0.6) is 0 Å². The number of benzene rings is 1. The Morgan fingerprint density at radius 1 is 1.31 bits per heavy atom. The van der Waals surface area contributed by atoms with Crippen LogP contribution in [-0.4, -0.2) is 11.7 Å². The molecule has 1 aromatic carbocycles. The molecule has 0 aliphatic carbocycles. The maximum Gasteiger partial charge on any atom is 0.0431 e. The van der Waals surface area contributed by atoms with Gasteiger partial charge in [-0.2, -0.15) is 0 Å². The maximum absolute atomic E-state index is 8.65. The van der Waals surface area contributed by atoms with E-state index in [1.165, 1.54) is 5.56 Å². The highest BCUT2D eigenvalue weighted by molar-refractivity contribution is 5.23. The van der Waals surface area contributed by atoms with E-state index in [2.05, 4.69) is 31.2 Å². The van der Waals surface area contributed by atoms with E-state index in [1.807, 2.05) is 0 Å². The highest BCUT2D eigenvalue weighted by Crippen LogP contribution is 2.15. The van der Waals surface area contributed by atoms with Crippen molar-refractivity contribution >= 4 is 0 Å². The quantitative estimate of drug-likeness (QED) is 0.740. The van der Waals surface area contributed by atoms with Gasteiger partial charge < -0.3 is 10.8 Å². The minimum atomic E-state index is 0.0627. The van der Waals surface area contributed by atoms with Gasteiger partial charge in [-0.15, -0.1) is 0 Å². The second kappa shape index (κ2) is 5.00. The molecule has 2 heteroatoms. The smallest absolute Gasteiger partial charge is 0.0431 e. The van der Waals surface area contributed by atoms with E-state index in [1.54, 1.807) is 0 Å². The lowest BCUT2D eigenvalue weighted by atomic mass is 10.0. The predicted octanol–water partition coefficient (Wildman–Crippen LogP) is 1.77. The van der Waals surface area contributed by atoms with Crippen LogP contribution in [0.1, 0.15) is 30.0 Å². The Labute approximate surface area is 79.4 Å². The number of aryl methyl sites for hydroxylation is 1. The largest absolute Gasteiger partial charge is 0.396 e. The van der Waals surface area contributed by atoms with Gasteiger partial charge in [0.05, 0.1) is 0 Å². The molecule has 3 N–H and O–H groups in total. The molecule has 0 unspecified atom stereocenters. The fourth-order valence-electron chi connectivity index (χ4n) is 1.29. The van der Waals surface area contributed by atoms with Crippen LogP contribution in [0.2, 0.25) is 0 Å². The van der Waals surface area contributed by atoms with Crippen LogP contribution in [0.3, 0.4) is 0 Å². The summed E-state index contributed by atoms with van der Waals surface area (Å²) in [6, 6.07) is 8.30. The molecule has 0 saturated heterocycles. The molecule has 2 nitrogen and oxygen atoms in total. The number of aliphatic hydroxyl groups is 1. The zero-order valence-corrected chi connectivity index (χ0v) is 8.03. The van der Waals surface area contributed by atoms with Crippen molar-refractivity contribution in [3.05, 3.63) is 35.4 Å². The molecule has 1 rings (SSSR count). The van der Waals surface area contributed by atoms with Gasteiger partial charge in [0.2, 0.25) is 0 Å². The number of rotatable bonds is 4. The minimum absolute atomic E-state index is 0.0627. The van der Waals surface area contributed by atoms with Crippen LogP contribution in [0.15, 0.2) is 24.3 Å². The van der Waals surface area contributed by atoms with Gasteiger partial charge in [0.15, 0.2) is 0 Å². The average molecular weight is 179 g/mol. The lowest BCUT2D eigenvalue weighted by molar-refractivity contribution is 0.280. The van der Waals surface area contributed by atoms with Crippen molar-refractivity contribution in [2.45, 2.75) is 25.8 Å². The third-order valence-corrected chi connectivity index (χ3v) is 2.18. The van der Waals surface area contributed by atoms with Crippen LogP contribution >= 0.6 is 0 Å². The molecule has 72 valence electrons. The van der Waals surface area contributed by atoms with Crippen molar-refractivity contribution < 1.29 is 5.11 Å². The molecule has 1 atom stereocenters. The summed E-state index contributed by atoms with van der Waals surface area (Å²) in [4.78, 5) is 0. The first-order valence-corrected chi connectivity index (χ1v) is 4.67. The van der Waals surface area contributed by atoms with E-state index < -0.39 is 0 Å². The third-order valence-electron chi connectivity index (χ3n) is 2.18. The monoisotopic (exact) mass is 179 g/mol. The van der Waals surface area contributed by atoms with Gasteiger partial charge in [0.25, 0.3) is 0 Å². The molecular formula is C11H17NO. The molecule has 0 heterocycles. The topological polar surface area (TPSA) is 46.2 Å². The highest BCUT2D eigenvalue weighted by atomic mass is 16.2. The van der Waals surface area contributed by atoms with Crippen molar-refractivity contribution in [1.82, 2.24) is 0 Å². The summed E-state index contributed by atoms with van der Waals surface area (Å²) in [5, 5.41) is 8.65. The molecule has 0 spiro atoms. The van der Waals surface area contributed by atoms with E-state index in [-0.39, 0.29) is 12.6 Å². The first-order valence-electron chi connectivity index (χ1n) is 4.67. The second-order valence-electron chi connectivity index (χ2n) is 3.38. The summed E-state index contributed by atoms with van der Waals surface area (Å²) in [6.07, 6.45) is 1.62. The SMILES string of the molecule is Cc1ccc([C@H](N)CCCO)cc1. The molecule has 0 amide bonds. The lowest BCUT2D eigenvalue weighted by Crippen LogP contribution is -2.10. The van der Waals surface area contributed by atoms with Crippen LogP contribution in [0.25, 0.3) is 0 Å². The van der Waals surface area contributed by atoms with Gasteiger partial charge in [0.1, 0.15) is 0 Å². The first-order chi connectivity index (χ1) is 6.24. The van der Waals surface area contributed by atoms with Crippen LogP contribution in [0, 0.1) is 6.92 Å². The van der Waals surface area contributed by atoms with E-state index in [0.717, 1.165) is 18.4 Å². The van der Waals surface area contributed by atoms with Gasteiger partial charge in [-0.1, -0.05) is 29.8 Å². The van der Waals surface area contributed by atoms with Crippen molar-refractivity contribution in [2.24, 2.45) is 5.73 Å². The van der Waals surface area contributed by atoms with Gasteiger partial charge in [0, 0.05) is 12.6 Å². The normalized spacial score (nSPS) is 12.8. The summed E-state index contributed by atoms with van der Waals surface area (Å²) in [5.74, 6) is 0. The molecule has 13 heavy (non-hydrogen) atoms. The number of hydrogen-bond acceptors (Lipinski definition) is 2. The fourth-order valence-corrected chi connectivity index (χ4v) is 1.29. The molecule has 0 aliphatic rings. The van der Waals surface area contributed by atoms with Crippen molar-refractivity contribution in [2.75, 3.05) is 6.61 Å². The standard InChI is InChI=1S/C11H17NO/c1-9-4-6-10(7-5-9)11(12)3-2-8-13/h4-7,11,13H,2-3,8,12H2,1H3/t11-/m1/s1. The Balaban J connectivity index is 2.55. The van der Waals surface area contributed by atoms with Crippen LogP contribution < -0.4 is 5.73 Å². The van der Waals surface area contributed by atoms with Crippen LogP contribution in [-0.2, 0) is 0 Å². The van der Waals surface area contributed by atoms with E-state index >= 15 is 0 Å². The number of nitrogens with two attached hydrogens (primary N) is 1. The summed E-state index contributed by atoms with van der Waals surface area (Å²) < 4.78 is 0. The molecule has 0 saturated carbocycles. The Bertz CT molecular complexity index is 243. The van der Waals surface area contributed by atoms with Crippen molar-refractivity contribution in [1.29, 1.82) is 0 Å². The number of hydrogen-bond donors (Lipinski definition) is 2. The molecule has 0 bridgehead atoms. The summed E-state index contributed by atoms with van der Waals surface area (Å²) in [5.41, 5.74) is 8.32. The Morgan fingerprint density at radius 2 is 1.92 bits per heavy atom. The van der Waals surface area contributed by atoms with Gasteiger partial charge in [-0.25, -0.2) is 0 Å². The highest BCUT2D eigenvalue weighted by Gasteiger charge is 2.03. The minimum Gasteiger partial charge on any atom is -0.396 e. The van der Waals surface area contributed by atoms with E-state index in [4.69, 9.17) is 10.8 Å². The molecular weight excluding hydrogens is 162 g/mol. The summed E-state index contributed by atoms with van der Waals surface area (Å²) in [7, 11) is 0. The predicted molar refractivity (Wildman–Crippen MR) is 54.4 cm³/mol. The Hall–Kier alpha value is -0.860. The maximum atomic E-state index is 8.65. The zero-order valence-electron chi connectivity index (χ0n) is 8.03. The molecule has 1 aromatic rings. The second-order valence-corrected chi connectivity index (χ2v) is 3.38. The first kappa shape index (κ1) is 10.2. The zero-order chi connectivity index (χ0) is 9.68. The Morgan fingerprint density at radius 3 is 2.46 bits per heavy atom. The molecule has 0 aromatic heterocycles. The molecule has 0 aliphatic heterocycles. The fraction of sp³-hybridized carbons (Fsp3) is 0.455.